The number of likely N-dealkylation sites (N-methyl/N-ethyl adjacent to an activating group) is 1. The van der Waals surface area contributed by atoms with Crippen LogP contribution >= 0.6 is 11.8 Å². The van der Waals surface area contributed by atoms with Gasteiger partial charge < -0.3 is 5.32 Å². The molecule has 1 heterocycles. The lowest BCUT2D eigenvalue weighted by atomic mass is 10.2. The van der Waals surface area contributed by atoms with Crippen LogP contribution in [-0.4, -0.2) is 37.0 Å². The highest BCUT2D eigenvalue weighted by molar-refractivity contribution is 7.99. The molecule has 2 rings (SSSR count). The van der Waals surface area contributed by atoms with E-state index in [0.717, 1.165) is 30.1 Å². The van der Waals surface area contributed by atoms with Crippen LogP contribution in [0.1, 0.15) is 5.56 Å². The number of nitrogens with zero attached hydrogens (tertiary/aromatic N) is 1. The van der Waals surface area contributed by atoms with Gasteiger partial charge in [0.15, 0.2) is 0 Å². The second kappa shape index (κ2) is 5.17. The summed E-state index contributed by atoms with van der Waals surface area (Å²) in [4.78, 5) is 3.47. The minimum Gasteiger partial charge on any atom is -0.313 e. The van der Waals surface area contributed by atoms with E-state index in [1.54, 1.807) is 17.8 Å². The Bertz CT molecular complexity index is 370. The van der Waals surface area contributed by atoms with E-state index in [4.69, 9.17) is 0 Å². The maximum Gasteiger partial charge on any atom is 0.126 e. The van der Waals surface area contributed by atoms with Crippen molar-refractivity contribution in [1.82, 2.24) is 10.2 Å². The Hall–Kier alpha value is -0.580. The molecule has 1 aromatic rings. The predicted octanol–water partition coefficient (Wildman–Crippen LogP) is 2.09. The molecule has 0 aliphatic carbocycles. The molecule has 16 heavy (non-hydrogen) atoms. The Balaban J connectivity index is 2.05. The minimum absolute atomic E-state index is 0.125. The minimum atomic E-state index is -0.125. The first-order valence-corrected chi connectivity index (χ1v) is 6.38. The molecule has 1 N–H and O–H groups in total. The van der Waals surface area contributed by atoms with Crippen molar-refractivity contribution in [1.29, 1.82) is 0 Å². The molecule has 1 fully saturated rings. The van der Waals surface area contributed by atoms with Gasteiger partial charge in [0.05, 0.1) is 5.37 Å². The molecule has 0 spiro atoms. The summed E-state index contributed by atoms with van der Waals surface area (Å²) in [5.41, 5.74) is 0.719. The highest BCUT2D eigenvalue weighted by atomic mass is 32.2. The molecule has 0 aromatic heterocycles. The fourth-order valence-corrected chi connectivity index (χ4v) is 2.95. The van der Waals surface area contributed by atoms with Gasteiger partial charge in [-0.3, -0.25) is 4.90 Å². The maximum absolute atomic E-state index is 13.1. The molecule has 1 aromatic carbocycles. The van der Waals surface area contributed by atoms with Gasteiger partial charge >= 0.3 is 0 Å². The Morgan fingerprint density at radius 2 is 2.31 bits per heavy atom. The molecule has 1 aliphatic heterocycles. The fourth-order valence-electron chi connectivity index (χ4n) is 1.76. The lowest BCUT2D eigenvalue weighted by Gasteiger charge is -2.32. The first-order valence-electron chi connectivity index (χ1n) is 5.50. The highest BCUT2D eigenvalue weighted by Crippen LogP contribution is 2.27. The van der Waals surface area contributed by atoms with Gasteiger partial charge in [-0.1, -0.05) is 0 Å². The molecule has 0 amide bonds. The summed E-state index contributed by atoms with van der Waals surface area (Å²) >= 11 is 1.79. The topological polar surface area (TPSA) is 15.3 Å². The van der Waals surface area contributed by atoms with Gasteiger partial charge in [0, 0.05) is 24.5 Å². The number of aryl methyl sites for hydroxylation is 1. The number of nitrogens with one attached hydrogen (secondary N) is 1. The van der Waals surface area contributed by atoms with Gasteiger partial charge in [0.25, 0.3) is 0 Å². The maximum atomic E-state index is 13.1. The number of benzene rings is 1. The van der Waals surface area contributed by atoms with Gasteiger partial charge in [-0.2, -0.15) is 0 Å². The summed E-state index contributed by atoms with van der Waals surface area (Å²) in [6.07, 6.45) is 0. The predicted molar refractivity (Wildman–Crippen MR) is 66.3 cm³/mol. The van der Waals surface area contributed by atoms with Crippen molar-refractivity contribution in [3.05, 3.63) is 29.6 Å². The van der Waals surface area contributed by atoms with Crippen LogP contribution in [0.3, 0.4) is 0 Å². The summed E-state index contributed by atoms with van der Waals surface area (Å²) < 4.78 is 13.1. The lowest BCUT2D eigenvalue weighted by molar-refractivity contribution is 0.266. The largest absolute Gasteiger partial charge is 0.313 e. The lowest BCUT2D eigenvalue weighted by Crippen LogP contribution is -2.47. The number of hydrogen-bond acceptors (Lipinski definition) is 3. The average Bonchev–Trinajstić information content (AvgIpc) is 2.27. The quantitative estimate of drug-likeness (QED) is 0.852. The van der Waals surface area contributed by atoms with E-state index in [1.807, 2.05) is 19.1 Å². The summed E-state index contributed by atoms with van der Waals surface area (Å²) in [5, 5.41) is 3.82. The SMILES string of the molecule is Cc1cc(SC2CNCCN2C)ccc1F. The van der Waals surface area contributed by atoms with Crippen molar-refractivity contribution >= 4 is 11.8 Å². The van der Waals surface area contributed by atoms with Crippen LogP contribution in [-0.2, 0) is 0 Å². The van der Waals surface area contributed by atoms with Crippen LogP contribution in [0, 0.1) is 12.7 Å². The fraction of sp³-hybridized carbons (Fsp3) is 0.500. The van der Waals surface area contributed by atoms with E-state index < -0.39 is 0 Å². The van der Waals surface area contributed by atoms with Gasteiger partial charge in [-0.05, 0) is 37.7 Å². The summed E-state index contributed by atoms with van der Waals surface area (Å²) in [6, 6.07) is 5.33. The molecule has 0 radical (unpaired) electrons. The van der Waals surface area contributed by atoms with Crippen molar-refractivity contribution in [2.45, 2.75) is 17.2 Å². The Kier molecular flexibility index (Phi) is 3.84. The van der Waals surface area contributed by atoms with Crippen molar-refractivity contribution in [2.24, 2.45) is 0 Å². The van der Waals surface area contributed by atoms with Crippen LogP contribution < -0.4 is 5.32 Å². The van der Waals surface area contributed by atoms with E-state index >= 15 is 0 Å². The van der Waals surface area contributed by atoms with Crippen molar-refractivity contribution < 1.29 is 4.39 Å². The molecule has 1 aliphatic rings. The monoisotopic (exact) mass is 240 g/mol. The molecule has 4 heteroatoms. The third-order valence-electron chi connectivity index (χ3n) is 2.85. The van der Waals surface area contributed by atoms with Crippen LogP contribution in [0.15, 0.2) is 23.1 Å². The molecular formula is C12H17FN2S. The Morgan fingerprint density at radius 1 is 1.50 bits per heavy atom. The van der Waals surface area contributed by atoms with E-state index in [0.29, 0.717) is 5.37 Å². The van der Waals surface area contributed by atoms with Gasteiger partial charge in [0.1, 0.15) is 5.82 Å². The van der Waals surface area contributed by atoms with E-state index in [2.05, 4.69) is 17.3 Å². The molecule has 0 saturated carbocycles. The van der Waals surface area contributed by atoms with Gasteiger partial charge in [0.2, 0.25) is 0 Å². The van der Waals surface area contributed by atoms with Crippen LogP contribution in [0.2, 0.25) is 0 Å². The normalized spacial score (nSPS) is 22.3. The number of piperazine rings is 1. The number of halogens is 1. The Morgan fingerprint density at radius 3 is 3.00 bits per heavy atom. The molecule has 1 atom stereocenters. The zero-order valence-corrected chi connectivity index (χ0v) is 10.5. The van der Waals surface area contributed by atoms with Crippen molar-refractivity contribution in [3.8, 4) is 0 Å². The van der Waals surface area contributed by atoms with E-state index in [9.17, 15) is 4.39 Å². The van der Waals surface area contributed by atoms with Gasteiger partial charge in [-0.15, -0.1) is 11.8 Å². The number of rotatable bonds is 2. The second-order valence-corrected chi connectivity index (χ2v) is 5.42. The summed E-state index contributed by atoms with van der Waals surface area (Å²) in [6.45, 7) is 4.91. The number of hydrogen-bond donors (Lipinski definition) is 1. The smallest absolute Gasteiger partial charge is 0.126 e. The zero-order valence-electron chi connectivity index (χ0n) is 9.66. The van der Waals surface area contributed by atoms with Gasteiger partial charge in [-0.25, -0.2) is 4.39 Å². The first-order chi connectivity index (χ1) is 7.66. The summed E-state index contributed by atoms with van der Waals surface area (Å²) in [5.74, 6) is -0.125. The molecular weight excluding hydrogens is 223 g/mol. The third kappa shape index (κ3) is 2.75. The third-order valence-corrected chi connectivity index (χ3v) is 4.18. The average molecular weight is 240 g/mol. The van der Waals surface area contributed by atoms with Crippen molar-refractivity contribution in [2.75, 3.05) is 26.7 Å². The number of thioether (sulfide) groups is 1. The molecule has 1 unspecified atom stereocenters. The highest BCUT2D eigenvalue weighted by Gasteiger charge is 2.19. The second-order valence-electron chi connectivity index (χ2n) is 4.17. The summed E-state index contributed by atoms with van der Waals surface area (Å²) in [7, 11) is 2.13. The molecule has 1 saturated heterocycles. The molecule has 0 bridgehead atoms. The first kappa shape index (κ1) is 11.9. The zero-order chi connectivity index (χ0) is 11.5. The van der Waals surface area contributed by atoms with Crippen molar-refractivity contribution in [3.63, 3.8) is 0 Å². The van der Waals surface area contributed by atoms with E-state index in [1.165, 1.54) is 0 Å². The molecule has 88 valence electrons. The Labute approximate surface area is 100 Å². The van der Waals surface area contributed by atoms with Crippen LogP contribution in [0.25, 0.3) is 0 Å². The van der Waals surface area contributed by atoms with Crippen LogP contribution in [0.5, 0.6) is 0 Å². The van der Waals surface area contributed by atoms with E-state index in [-0.39, 0.29) is 5.82 Å². The standard InChI is InChI=1S/C12H17FN2S/c1-9-7-10(3-4-11(9)13)16-12-8-14-5-6-15(12)2/h3-4,7,12,14H,5-6,8H2,1-2H3. The van der Waals surface area contributed by atoms with Crippen LogP contribution in [0.4, 0.5) is 4.39 Å². The molecule has 2 nitrogen and oxygen atoms in total.